The van der Waals surface area contributed by atoms with E-state index in [4.69, 9.17) is 0 Å². The van der Waals surface area contributed by atoms with E-state index in [1.807, 2.05) is 37.3 Å². The fraction of sp³-hybridized carbons (Fsp3) is 0.440. The van der Waals surface area contributed by atoms with Crippen molar-refractivity contribution < 1.29 is 9.59 Å². The monoisotopic (exact) mass is 394 g/mol. The second kappa shape index (κ2) is 11.4. The molecule has 0 spiro atoms. The maximum atomic E-state index is 13.2. The quantitative estimate of drug-likeness (QED) is 0.645. The van der Waals surface area contributed by atoms with Gasteiger partial charge in [-0.3, -0.25) is 9.59 Å². The number of aryl methyl sites for hydroxylation is 2. The van der Waals surface area contributed by atoms with Crippen molar-refractivity contribution in [1.29, 1.82) is 0 Å². The normalized spacial score (nSPS) is 11.9. The molecule has 0 aliphatic rings. The molecule has 2 amide bonds. The predicted octanol–water partition coefficient (Wildman–Crippen LogP) is 4.51. The Morgan fingerprint density at radius 3 is 2.21 bits per heavy atom. The highest BCUT2D eigenvalue weighted by Crippen LogP contribution is 2.15. The average molecular weight is 395 g/mol. The maximum Gasteiger partial charge on any atom is 0.242 e. The number of hydrogen-bond acceptors (Lipinski definition) is 2. The highest BCUT2D eigenvalue weighted by atomic mass is 16.2. The number of hydrogen-bond donors (Lipinski definition) is 1. The van der Waals surface area contributed by atoms with Crippen LogP contribution in [0.1, 0.15) is 50.3 Å². The SMILES string of the molecule is CC[C@@H](C(=O)NCC(C)C)N(Cc1ccccc1)C(=O)CCc1ccc(C)cc1. The molecular weight excluding hydrogens is 360 g/mol. The zero-order valence-electron chi connectivity index (χ0n) is 18.2. The fourth-order valence-corrected chi connectivity index (χ4v) is 3.27. The largest absolute Gasteiger partial charge is 0.354 e. The summed E-state index contributed by atoms with van der Waals surface area (Å²) in [4.78, 5) is 27.7. The van der Waals surface area contributed by atoms with Crippen molar-refractivity contribution in [3.8, 4) is 0 Å². The molecule has 0 bridgehead atoms. The Labute approximate surface area is 175 Å². The van der Waals surface area contributed by atoms with E-state index in [-0.39, 0.29) is 11.8 Å². The standard InChI is InChI=1S/C25H34N2O2/c1-5-23(25(29)26-17-19(2)3)27(18-22-9-7-6-8-10-22)24(28)16-15-21-13-11-20(4)12-14-21/h6-14,19,23H,5,15-18H2,1-4H3,(H,26,29)/t23-/m0/s1. The summed E-state index contributed by atoms with van der Waals surface area (Å²) in [5, 5.41) is 3.00. The molecule has 0 saturated heterocycles. The van der Waals surface area contributed by atoms with Crippen LogP contribution in [0.4, 0.5) is 0 Å². The van der Waals surface area contributed by atoms with Gasteiger partial charge in [0.15, 0.2) is 0 Å². The number of rotatable bonds is 10. The molecule has 0 aromatic heterocycles. The Morgan fingerprint density at radius 1 is 0.966 bits per heavy atom. The molecule has 0 saturated carbocycles. The Balaban J connectivity index is 2.14. The van der Waals surface area contributed by atoms with Gasteiger partial charge in [0.2, 0.25) is 11.8 Å². The number of carbonyl (C=O) groups is 2. The van der Waals surface area contributed by atoms with Crippen LogP contribution in [0.15, 0.2) is 54.6 Å². The Kier molecular flexibility index (Phi) is 8.91. The minimum Gasteiger partial charge on any atom is -0.354 e. The lowest BCUT2D eigenvalue weighted by Gasteiger charge is -2.31. The Bertz CT molecular complexity index is 769. The van der Waals surface area contributed by atoms with Gasteiger partial charge in [-0.15, -0.1) is 0 Å². The second-order valence-electron chi connectivity index (χ2n) is 8.06. The number of benzene rings is 2. The lowest BCUT2D eigenvalue weighted by atomic mass is 10.0. The molecule has 0 aliphatic carbocycles. The molecule has 29 heavy (non-hydrogen) atoms. The van der Waals surface area contributed by atoms with E-state index < -0.39 is 6.04 Å². The molecule has 0 aliphatic heterocycles. The summed E-state index contributed by atoms with van der Waals surface area (Å²) < 4.78 is 0. The van der Waals surface area contributed by atoms with Crippen molar-refractivity contribution in [3.63, 3.8) is 0 Å². The number of amides is 2. The van der Waals surface area contributed by atoms with Crippen molar-refractivity contribution in [2.24, 2.45) is 5.92 Å². The van der Waals surface area contributed by atoms with E-state index >= 15 is 0 Å². The van der Waals surface area contributed by atoms with E-state index in [0.717, 1.165) is 11.1 Å². The van der Waals surface area contributed by atoms with Gasteiger partial charge in [0.05, 0.1) is 0 Å². The molecule has 4 heteroatoms. The minimum atomic E-state index is -0.459. The average Bonchev–Trinajstić information content (AvgIpc) is 2.72. The van der Waals surface area contributed by atoms with Crippen LogP contribution in [0.5, 0.6) is 0 Å². The van der Waals surface area contributed by atoms with Gasteiger partial charge in [-0.2, -0.15) is 0 Å². The zero-order chi connectivity index (χ0) is 21.2. The highest BCUT2D eigenvalue weighted by Gasteiger charge is 2.28. The van der Waals surface area contributed by atoms with Crippen LogP contribution in [0.3, 0.4) is 0 Å². The molecule has 1 N–H and O–H groups in total. The molecule has 2 rings (SSSR count). The zero-order valence-corrected chi connectivity index (χ0v) is 18.2. The summed E-state index contributed by atoms with van der Waals surface area (Å²) in [6.07, 6.45) is 1.66. The summed E-state index contributed by atoms with van der Waals surface area (Å²) >= 11 is 0. The fourth-order valence-electron chi connectivity index (χ4n) is 3.27. The summed E-state index contributed by atoms with van der Waals surface area (Å²) in [7, 11) is 0. The third-order valence-electron chi connectivity index (χ3n) is 5.01. The smallest absolute Gasteiger partial charge is 0.242 e. The maximum absolute atomic E-state index is 13.2. The van der Waals surface area contributed by atoms with Crippen molar-refractivity contribution in [1.82, 2.24) is 10.2 Å². The molecule has 0 fully saturated rings. The number of nitrogens with zero attached hydrogens (tertiary/aromatic N) is 1. The van der Waals surface area contributed by atoms with Crippen LogP contribution >= 0.6 is 0 Å². The van der Waals surface area contributed by atoms with Crippen molar-refractivity contribution in [2.75, 3.05) is 6.54 Å². The number of nitrogens with one attached hydrogen (secondary N) is 1. The lowest BCUT2D eigenvalue weighted by molar-refractivity contribution is -0.141. The first-order valence-electron chi connectivity index (χ1n) is 10.6. The molecular formula is C25H34N2O2. The van der Waals surface area contributed by atoms with Crippen molar-refractivity contribution in [3.05, 3.63) is 71.3 Å². The van der Waals surface area contributed by atoms with E-state index in [9.17, 15) is 9.59 Å². The summed E-state index contributed by atoms with van der Waals surface area (Å²) in [5.74, 6) is 0.318. The molecule has 1 atom stereocenters. The van der Waals surface area contributed by atoms with Crippen LogP contribution in [0.2, 0.25) is 0 Å². The van der Waals surface area contributed by atoms with Crippen molar-refractivity contribution >= 4 is 11.8 Å². The molecule has 0 radical (unpaired) electrons. The van der Waals surface area contributed by atoms with Gasteiger partial charge in [-0.25, -0.2) is 0 Å². The first-order valence-corrected chi connectivity index (χ1v) is 10.6. The first kappa shape index (κ1) is 22.7. The van der Waals surface area contributed by atoms with Gasteiger partial charge in [0, 0.05) is 19.5 Å². The number of carbonyl (C=O) groups excluding carboxylic acids is 2. The highest BCUT2D eigenvalue weighted by molar-refractivity contribution is 5.87. The Morgan fingerprint density at radius 2 is 1.62 bits per heavy atom. The minimum absolute atomic E-state index is 0.0148. The van der Waals surface area contributed by atoms with Crippen LogP contribution < -0.4 is 5.32 Å². The van der Waals surface area contributed by atoms with E-state index in [1.54, 1.807) is 4.90 Å². The van der Waals surface area contributed by atoms with Crippen LogP contribution in [0.25, 0.3) is 0 Å². The van der Waals surface area contributed by atoms with Gasteiger partial charge >= 0.3 is 0 Å². The molecule has 2 aromatic carbocycles. The van der Waals surface area contributed by atoms with Gasteiger partial charge in [-0.05, 0) is 36.8 Å². The van der Waals surface area contributed by atoms with Gasteiger partial charge < -0.3 is 10.2 Å². The summed E-state index contributed by atoms with van der Waals surface area (Å²) in [6.45, 7) is 9.21. The van der Waals surface area contributed by atoms with Crippen LogP contribution in [-0.2, 0) is 22.6 Å². The summed E-state index contributed by atoms with van der Waals surface area (Å²) in [5.41, 5.74) is 3.38. The summed E-state index contributed by atoms with van der Waals surface area (Å²) in [6, 6.07) is 17.7. The first-order chi connectivity index (χ1) is 13.9. The molecule has 4 nitrogen and oxygen atoms in total. The molecule has 2 aromatic rings. The van der Waals surface area contributed by atoms with E-state index in [0.29, 0.717) is 38.3 Å². The molecule has 0 heterocycles. The van der Waals surface area contributed by atoms with Crippen molar-refractivity contribution in [2.45, 2.75) is 59.5 Å². The molecule has 0 unspecified atom stereocenters. The molecule has 156 valence electrons. The topological polar surface area (TPSA) is 49.4 Å². The van der Waals surface area contributed by atoms with Gasteiger partial charge in [-0.1, -0.05) is 80.9 Å². The van der Waals surface area contributed by atoms with E-state index in [2.05, 4.69) is 50.4 Å². The second-order valence-corrected chi connectivity index (χ2v) is 8.06. The van der Waals surface area contributed by atoms with Crippen LogP contribution in [0, 0.1) is 12.8 Å². The van der Waals surface area contributed by atoms with E-state index in [1.165, 1.54) is 5.56 Å². The third kappa shape index (κ3) is 7.37. The third-order valence-corrected chi connectivity index (χ3v) is 5.01. The Hall–Kier alpha value is -2.62. The van der Waals surface area contributed by atoms with Gasteiger partial charge in [0.25, 0.3) is 0 Å². The van der Waals surface area contributed by atoms with Crippen LogP contribution in [-0.4, -0.2) is 29.3 Å². The van der Waals surface area contributed by atoms with Gasteiger partial charge in [0.1, 0.15) is 6.04 Å². The lowest BCUT2D eigenvalue weighted by Crippen LogP contribution is -2.49. The predicted molar refractivity (Wildman–Crippen MR) is 118 cm³/mol.